The maximum Gasteiger partial charge on any atom is 0.0372 e. The monoisotopic (exact) mass is 169 g/mol. The number of rotatable bonds is 1. The summed E-state index contributed by atoms with van der Waals surface area (Å²) in [6, 6.07) is 1.31. The topological polar surface area (TPSA) is 32.5 Å². The van der Waals surface area contributed by atoms with E-state index in [4.69, 9.17) is 5.84 Å². The Bertz CT molecular complexity index is 160. The van der Waals surface area contributed by atoms with Gasteiger partial charge in [0.15, 0.2) is 0 Å². The van der Waals surface area contributed by atoms with Crippen LogP contribution in [-0.2, 0) is 0 Å². The van der Waals surface area contributed by atoms with Crippen LogP contribution >= 0.6 is 0 Å². The maximum atomic E-state index is 6.01. The first-order valence-electron chi connectivity index (χ1n) is 5.06. The van der Waals surface area contributed by atoms with E-state index in [0.29, 0.717) is 12.1 Å². The smallest absolute Gasteiger partial charge is 0.0372 e. The summed E-state index contributed by atoms with van der Waals surface area (Å²) in [6.07, 6.45) is 3.89. The molecule has 0 spiro atoms. The van der Waals surface area contributed by atoms with E-state index in [1.54, 1.807) is 0 Å². The lowest BCUT2D eigenvalue weighted by Gasteiger charge is -2.23. The Morgan fingerprint density at radius 3 is 2.75 bits per heavy atom. The third-order valence-corrected chi connectivity index (χ3v) is 3.37. The molecule has 2 heterocycles. The summed E-state index contributed by atoms with van der Waals surface area (Å²) < 4.78 is 0. The summed E-state index contributed by atoms with van der Waals surface area (Å²) in [7, 11) is 0. The van der Waals surface area contributed by atoms with Gasteiger partial charge in [-0.3, -0.25) is 5.84 Å². The second-order valence-electron chi connectivity index (χ2n) is 4.01. The van der Waals surface area contributed by atoms with Gasteiger partial charge in [-0.15, -0.1) is 0 Å². The molecule has 2 aliphatic heterocycles. The highest BCUT2D eigenvalue weighted by molar-refractivity contribution is 4.89. The van der Waals surface area contributed by atoms with Crippen LogP contribution in [0.5, 0.6) is 0 Å². The van der Waals surface area contributed by atoms with Crippen molar-refractivity contribution in [1.82, 2.24) is 9.91 Å². The number of likely N-dealkylation sites (tertiary alicyclic amines) is 1. The lowest BCUT2D eigenvalue weighted by atomic mass is 10.1. The molecule has 2 N–H and O–H groups in total. The van der Waals surface area contributed by atoms with Crippen molar-refractivity contribution in [3.63, 3.8) is 0 Å². The minimum absolute atomic E-state index is 0.637. The molecular weight excluding hydrogens is 150 g/mol. The van der Waals surface area contributed by atoms with Gasteiger partial charge in [0.1, 0.15) is 0 Å². The van der Waals surface area contributed by atoms with Crippen LogP contribution < -0.4 is 5.84 Å². The van der Waals surface area contributed by atoms with E-state index in [2.05, 4.69) is 16.8 Å². The van der Waals surface area contributed by atoms with Crippen LogP contribution in [-0.4, -0.2) is 41.6 Å². The molecule has 2 aliphatic rings. The number of hydrazine groups is 1. The van der Waals surface area contributed by atoms with Crippen molar-refractivity contribution in [3.8, 4) is 0 Å². The maximum absolute atomic E-state index is 6.01. The minimum Gasteiger partial charge on any atom is -0.302 e. The molecule has 0 aromatic rings. The van der Waals surface area contributed by atoms with Gasteiger partial charge in [-0.1, -0.05) is 6.92 Å². The van der Waals surface area contributed by atoms with Gasteiger partial charge < -0.3 is 4.90 Å². The van der Waals surface area contributed by atoms with E-state index in [9.17, 15) is 0 Å². The van der Waals surface area contributed by atoms with E-state index in [-0.39, 0.29) is 0 Å². The molecule has 12 heavy (non-hydrogen) atoms. The third-order valence-electron chi connectivity index (χ3n) is 3.37. The number of likely N-dealkylation sites (N-methyl/N-ethyl adjacent to an activating group) is 1. The Hall–Kier alpha value is -0.120. The average Bonchev–Trinajstić information content (AvgIpc) is 2.27. The summed E-state index contributed by atoms with van der Waals surface area (Å²) in [5.74, 6) is 6.01. The average molecular weight is 169 g/mol. The molecule has 2 unspecified atom stereocenters. The summed E-state index contributed by atoms with van der Waals surface area (Å²) >= 11 is 0. The van der Waals surface area contributed by atoms with Crippen molar-refractivity contribution < 1.29 is 0 Å². The van der Waals surface area contributed by atoms with Crippen LogP contribution in [0, 0.1) is 0 Å². The van der Waals surface area contributed by atoms with E-state index in [0.717, 1.165) is 0 Å². The van der Waals surface area contributed by atoms with Gasteiger partial charge in [0, 0.05) is 18.6 Å². The van der Waals surface area contributed by atoms with Crippen molar-refractivity contribution in [2.45, 2.75) is 38.3 Å². The Morgan fingerprint density at radius 2 is 2.00 bits per heavy atom. The van der Waals surface area contributed by atoms with Gasteiger partial charge in [-0.05, 0) is 32.4 Å². The molecule has 2 atom stereocenters. The fourth-order valence-electron chi connectivity index (χ4n) is 2.47. The molecule has 3 heteroatoms. The first-order chi connectivity index (χ1) is 5.81. The van der Waals surface area contributed by atoms with Crippen molar-refractivity contribution in [3.05, 3.63) is 0 Å². The van der Waals surface area contributed by atoms with Gasteiger partial charge in [-0.2, -0.15) is 0 Å². The number of nitrogens with two attached hydrogens (primary N) is 1. The number of hydrogen-bond acceptors (Lipinski definition) is 3. The molecule has 0 aromatic carbocycles. The standard InChI is InChI=1S/C9H19N3/c1-2-11-6-5-8-3-4-9(7-11)12(8)10/h8-9H,2-7,10H2,1H3. The molecule has 3 nitrogen and oxygen atoms in total. The fourth-order valence-corrected chi connectivity index (χ4v) is 2.47. The van der Waals surface area contributed by atoms with E-state index >= 15 is 0 Å². The van der Waals surface area contributed by atoms with Crippen LogP contribution in [0.4, 0.5) is 0 Å². The van der Waals surface area contributed by atoms with Crippen LogP contribution in [0.3, 0.4) is 0 Å². The molecule has 2 bridgehead atoms. The highest BCUT2D eigenvalue weighted by atomic mass is 15.5. The summed E-state index contributed by atoms with van der Waals surface area (Å²) in [5.41, 5.74) is 0. The van der Waals surface area contributed by atoms with Gasteiger partial charge >= 0.3 is 0 Å². The normalized spacial score (nSPS) is 38.5. The van der Waals surface area contributed by atoms with Crippen molar-refractivity contribution in [1.29, 1.82) is 0 Å². The molecule has 2 rings (SSSR count). The molecule has 0 saturated carbocycles. The lowest BCUT2D eigenvalue weighted by molar-refractivity contribution is 0.191. The molecule has 2 fully saturated rings. The Labute approximate surface area is 74.5 Å². The summed E-state index contributed by atoms with van der Waals surface area (Å²) in [5, 5.41) is 2.11. The molecule has 2 saturated heterocycles. The van der Waals surface area contributed by atoms with Crippen LogP contribution in [0.25, 0.3) is 0 Å². The Kier molecular flexibility index (Phi) is 2.35. The predicted molar refractivity (Wildman–Crippen MR) is 49.6 cm³/mol. The molecule has 70 valence electrons. The van der Waals surface area contributed by atoms with Crippen molar-refractivity contribution >= 4 is 0 Å². The Morgan fingerprint density at radius 1 is 1.25 bits per heavy atom. The number of hydrogen-bond donors (Lipinski definition) is 1. The SMILES string of the molecule is CCN1CCC2CCC(C1)N2N. The predicted octanol–water partition coefficient (Wildman–Crippen LogP) is 0.419. The second-order valence-corrected chi connectivity index (χ2v) is 4.01. The zero-order valence-electron chi connectivity index (χ0n) is 7.87. The molecular formula is C9H19N3. The van der Waals surface area contributed by atoms with Gasteiger partial charge in [0.2, 0.25) is 0 Å². The van der Waals surface area contributed by atoms with Gasteiger partial charge in [0.25, 0.3) is 0 Å². The molecule has 0 aromatic heterocycles. The summed E-state index contributed by atoms with van der Waals surface area (Å²) in [4.78, 5) is 2.52. The Balaban J connectivity index is 2.02. The second kappa shape index (κ2) is 3.32. The highest BCUT2D eigenvalue weighted by Crippen LogP contribution is 2.26. The van der Waals surface area contributed by atoms with E-state index in [1.165, 1.54) is 38.9 Å². The zero-order valence-corrected chi connectivity index (χ0v) is 7.87. The van der Waals surface area contributed by atoms with E-state index < -0.39 is 0 Å². The van der Waals surface area contributed by atoms with Gasteiger partial charge in [0.05, 0.1) is 0 Å². The minimum atomic E-state index is 0.637. The quantitative estimate of drug-likeness (QED) is 0.577. The molecule has 0 aliphatic carbocycles. The largest absolute Gasteiger partial charge is 0.302 e. The third kappa shape index (κ3) is 1.37. The zero-order chi connectivity index (χ0) is 8.55. The number of fused-ring (bicyclic) bond motifs is 2. The van der Waals surface area contributed by atoms with Crippen LogP contribution in [0.2, 0.25) is 0 Å². The van der Waals surface area contributed by atoms with Crippen molar-refractivity contribution in [2.75, 3.05) is 19.6 Å². The van der Waals surface area contributed by atoms with Crippen LogP contribution in [0.15, 0.2) is 0 Å². The molecule has 0 radical (unpaired) electrons. The highest BCUT2D eigenvalue weighted by Gasteiger charge is 2.34. The van der Waals surface area contributed by atoms with Crippen molar-refractivity contribution in [2.24, 2.45) is 5.84 Å². The summed E-state index contributed by atoms with van der Waals surface area (Å²) in [6.45, 7) is 5.84. The lowest BCUT2D eigenvalue weighted by Crippen LogP contribution is -2.43. The first-order valence-corrected chi connectivity index (χ1v) is 5.06. The number of nitrogens with zero attached hydrogens (tertiary/aromatic N) is 2. The fraction of sp³-hybridized carbons (Fsp3) is 1.00. The van der Waals surface area contributed by atoms with Gasteiger partial charge in [-0.25, -0.2) is 5.01 Å². The molecule has 0 amide bonds. The first kappa shape index (κ1) is 8.48. The van der Waals surface area contributed by atoms with E-state index in [1.807, 2.05) is 0 Å². The van der Waals surface area contributed by atoms with Crippen LogP contribution in [0.1, 0.15) is 26.2 Å².